The summed E-state index contributed by atoms with van der Waals surface area (Å²) in [5, 5.41) is 3.22. The Morgan fingerprint density at radius 2 is 1.31 bits per heavy atom. The molecule has 0 aliphatic carbocycles. The van der Waals surface area contributed by atoms with E-state index in [1.165, 1.54) is 75.3 Å². The van der Waals surface area contributed by atoms with Crippen LogP contribution in [0.25, 0.3) is 0 Å². The van der Waals surface area contributed by atoms with Crippen LogP contribution in [0, 0.1) is 0 Å². The summed E-state index contributed by atoms with van der Waals surface area (Å²) in [6.45, 7) is 11.0. The summed E-state index contributed by atoms with van der Waals surface area (Å²) in [6.07, 6.45) is 13.6. The average Bonchev–Trinajstić information content (AvgIpc) is 2.68. The molecule has 2 nitrogen and oxygen atoms in total. The van der Waals surface area contributed by atoms with Gasteiger partial charge in [-0.05, 0) is 35.1 Å². The van der Waals surface area contributed by atoms with Crippen LogP contribution >= 0.6 is 11.8 Å². The number of benzene rings is 1. The number of amides is 1. The van der Waals surface area contributed by atoms with E-state index in [9.17, 15) is 4.79 Å². The Balaban J connectivity index is 2.22. The van der Waals surface area contributed by atoms with E-state index in [-0.39, 0.29) is 5.91 Å². The Bertz CT molecular complexity index is 542. The van der Waals surface area contributed by atoms with E-state index in [1.54, 1.807) is 11.8 Å². The molecule has 1 rings (SSSR count). The van der Waals surface area contributed by atoms with Gasteiger partial charge in [0.15, 0.2) is 0 Å². The number of hydrogen-bond donors (Lipinski definition) is 1. The second kappa shape index (κ2) is 15.8. The highest BCUT2D eigenvalue weighted by molar-refractivity contribution is 7.99. The van der Waals surface area contributed by atoms with Crippen molar-refractivity contribution in [2.45, 2.75) is 111 Å². The van der Waals surface area contributed by atoms with Gasteiger partial charge in [0, 0.05) is 5.69 Å². The van der Waals surface area contributed by atoms with E-state index < -0.39 is 0 Å². The number of para-hydroxylation sites is 1. The minimum atomic E-state index is 0.136. The molecule has 0 spiro atoms. The van der Waals surface area contributed by atoms with Gasteiger partial charge in [-0.3, -0.25) is 4.79 Å². The Morgan fingerprint density at radius 3 is 1.79 bits per heavy atom. The molecular formula is C26H45NOS. The number of nitrogens with one attached hydrogen (secondary N) is 1. The van der Waals surface area contributed by atoms with Gasteiger partial charge >= 0.3 is 0 Å². The first-order valence-electron chi connectivity index (χ1n) is 12.0. The van der Waals surface area contributed by atoms with Crippen LogP contribution < -0.4 is 5.32 Å². The smallest absolute Gasteiger partial charge is 0.234 e. The van der Waals surface area contributed by atoms with Crippen molar-refractivity contribution in [2.75, 3.05) is 16.8 Å². The van der Waals surface area contributed by atoms with E-state index >= 15 is 0 Å². The summed E-state index contributed by atoms with van der Waals surface area (Å²) in [4.78, 5) is 12.5. The molecule has 0 saturated carbocycles. The molecular weight excluding hydrogens is 374 g/mol. The number of rotatable bonds is 16. The van der Waals surface area contributed by atoms with Gasteiger partial charge in [0.2, 0.25) is 5.91 Å². The lowest BCUT2D eigenvalue weighted by Crippen LogP contribution is -2.18. The van der Waals surface area contributed by atoms with E-state index in [1.807, 2.05) is 0 Å². The number of carbonyl (C=O) groups excluding carboxylic acids is 1. The molecule has 0 aliphatic rings. The van der Waals surface area contributed by atoms with E-state index in [0.29, 0.717) is 17.6 Å². The molecule has 0 atom stereocenters. The summed E-state index contributed by atoms with van der Waals surface area (Å²) >= 11 is 1.77. The van der Waals surface area contributed by atoms with Crippen LogP contribution in [0.2, 0.25) is 0 Å². The fraction of sp³-hybridized carbons (Fsp3) is 0.731. The fourth-order valence-electron chi connectivity index (χ4n) is 3.73. The zero-order valence-corrected chi connectivity index (χ0v) is 20.5. The summed E-state index contributed by atoms with van der Waals surface area (Å²) in [7, 11) is 0. The summed E-state index contributed by atoms with van der Waals surface area (Å²) in [5.41, 5.74) is 3.52. The number of unbranched alkanes of at least 4 members (excludes halogenated alkanes) is 9. The first-order chi connectivity index (χ1) is 14.0. The Morgan fingerprint density at radius 1 is 0.828 bits per heavy atom. The van der Waals surface area contributed by atoms with Crippen molar-refractivity contribution in [1.82, 2.24) is 0 Å². The molecule has 1 aromatic carbocycles. The van der Waals surface area contributed by atoms with Gasteiger partial charge in [-0.2, -0.15) is 11.8 Å². The van der Waals surface area contributed by atoms with Crippen LogP contribution in [0.3, 0.4) is 0 Å². The maximum absolute atomic E-state index is 12.5. The van der Waals surface area contributed by atoms with Gasteiger partial charge in [-0.15, -0.1) is 0 Å². The lowest BCUT2D eigenvalue weighted by atomic mass is 9.92. The van der Waals surface area contributed by atoms with E-state index in [0.717, 1.165) is 11.4 Å². The molecule has 166 valence electrons. The standard InChI is InChI=1S/C26H45NOS/c1-6-7-8-9-10-11-12-13-14-15-19-29-20-25(28)27-26-23(21(2)3)17-16-18-24(26)22(4)5/h16-18,21-22H,6-15,19-20H2,1-5H3,(H,27,28). The summed E-state index contributed by atoms with van der Waals surface area (Å²) in [5.74, 6) is 2.59. The zero-order chi connectivity index (χ0) is 21.5. The highest BCUT2D eigenvalue weighted by atomic mass is 32.2. The Labute approximate surface area is 185 Å². The van der Waals surface area contributed by atoms with Crippen molar-refractivity contribution in [2.24, 2.45) is 0 Å². The highest BCUT2D eigenvalue weighted by Crippen LogP contribution is 2.32. The lowest BCUT2D eigenvalue weighted by Gasteiger charge is -2.20. The molecule has 1 amide bonds. The molecule has 29 heavy (non-hydrogen) atoms. The van der Waals surface area contributed by atoms with E-state index in [4.69, 9.17) is 0 Å². The number of thioether (sulfide) groups is 1. The van der Waals surface area contributed by atoms with Crippen molar-refractivity contribution < 1.29 is 4.79 Å². The van der Waals surface area contributed by atoms with Crippen LogP contribution in [0.5, 0.6) is 0 Å². The van der Waals surface area contributed by atoms with Crippen LogP contribution in [-0.4, -0.2) is 17.4 Å². The third-order valence-electron chi connectivity index (χ3n) is 5.51. The van der Waals surface area contributed by atoms with Gasteiger partial charge in [-0.25, -0.2) is 0 Å². The predicted molar refractivity (Wildman–Crippen MR) is 132 cm³/mol. The normalized spacial score (nSPS) is 11.4. The first kappa shape index (κ1) is 26.1. The molecule has 3 heteroatoms. The van der Waals surface area contributed by atoms with Gasteiger partial charge in [0.1, 0.15) is 0 Å². The van der Waals surface area contributed by atoms with Gasteiger partial charge in [0.05, 0.1) is 5.75 Å². The molecule has 0 aliphatic heterocycles. The van der Waals surface area contributed by atoms with Crippen LogP contribution in [0.4, 0.5) is 5.69 Å². The third-order valence-corrected chi connectivity index (χ3v) is 6.56. The summed E-state index contributed by atoms with van der Waals surface area (Å²) in [6, 6.07) is 6.40. The van der Waals surface area contributed by atoms with Gasteiger partial charge < -0.3 is 5.32 Å². The van der Waals surface area contributed by atoms with Crippen molar-refractivity contribution >= 4 is 23.4 Å². The van der Waals surface area contributed by atoms with Crippen molar-refractivity contribution in [3.8, 4) is 0 Å². The highest BCUT2D eigenvalue weighted by Gasteiger charge is 2.15. The van der Waals surface area contributed by atoms with Crippen LogP contribution in [-0.2, 0) is 4.79 Å². The second-order valence-corrected chi connectivity index (χ2v) is 10.0. The molecule has 0 heterocycles. The van der Waals surface area contributed by atoms with Crippen molar-refractivity contribution in [3.63, 3.8) is 0 Å². The fourth-order valence-corrected chi connectivity index (χ4v) is 4.54. The molecule has 0 radical (unpaired) electrons. The van der Waals surface area contributed by atoms with Crippen LogP contribution in [0.15, 0.2) is 18.2 Å². The van der Waals surface area contributed by atoms with Gasteiger partial charge in [-0.1, -0.05) is 111 Å². The average molecular weight is 420 g/mol. The van der Waals surface area contributed by atoms with Gasteiger partial charge in [0.25, 0.3) is 0 Å². The minimum absolute atomic E-state index is 0.136. The topological polar surface area (TPSA) is 29.1 Å². The molecule has 0 unspecified atom stereocenters. The maximum Gasteiger partial charge on any atom is 0.234 e. The number of carbonyl (C=O) groups is 1. The Hall–Kier alpha value is -0.960. The predicted octanol–water partition coefficient (Wildman–Crippen LogP) is 8.53. The maximum atomic E-state index is 12.5. The zero-order valence-electron chi connectivity index (χ0n) is 19.7. The van der Waals surface area contributed by atoms with Crippen LogP contribution in [0.1, 0.15) is 122 Å². The number of hydrogen-bond acceptors (Lipinski definition) is 2. The molecule has 0 aromatic heterocycles. The van der Waals surface area contributed by atoms with E-state index in [2.05, 4.69) is 58.1 Å². The SMILES string of the molecule is CCCCCCCCCCCCSCC(=O)Nc1c(C(C)C)cccc1C(C)C. The number of anilines is 1. The molecule has 0 fully saturated rings. The quantitative estimate of drug-likeness (QED) is 0.272. The lowest BCUT2D eigenvalue weighted by molar-refractivity contribution is -0.113. The Kier molecular flexibility index (Phi) is 14.2. The molecule has 0 bridgehead atoms. The van der Waals surface area contributed by atoms with Crippen molar-refractivity contribution in [3.05, 3.63) is 29.3 Å². The second-order valence-electron chi connectivity index (χ2n) is 8.90. The minimum Gasteiger partial charge on any atom is -0.325 e. The third kappa shape index (κ3) is 11.1. The summed E-state index contributed by atoms with van der Waals surface area (Å²) < 4.78 is 0. The monoisotopic (exact) mass is 419 g/mol. The molecule has 1 aromatic rings. The van der Waals surface area contributed by atoms with Crippen molar-refractivity contribution in [1.29, 1.82) is 0 Å². The molecule has 1 N–H and O–H groups in total. The molecule has 0 saturated heterocycles. The largest absolute Gasteiger partial charge is 0.325 e. The first-order valence-corrected chi connectivity index (χ1v) is 13.1.